The first-order chi connectivity index (χ1) is 8.66. The lowest BCUT2D eigenvalue weighted by Crippen LogP contribution is -2.29. The van der Waals surface area contributed by atoms with Crippen LogP contribution in [-0.2, 0) is 0 Å². The van der Waals surface area contributed by atoms with Crippen molar-refractivity contribution in [1.82, 2.24) is 10.4 Å². The number of hydrazine groups is 1. The molecule has 1 aromatic carbocycles. The van der Waals surface area contributed by atoms with Crippen LogP contribution in [0, 0.1) is 0 Å². The van der Waals surface area contributed by atoms with Crippen molar-refractivity contribution >= 4 is 34.8 Å². The minimum atomic E-state index is -0.343. The number of rotatable bonds is 3. The lowest BCUT2D eigenvalue weighted by atomic mass is 10.3. The second-order valence-corrected chi connectivity index (χ2v) is 4.21. The SMILES string of the molecule is O=C(NNc1ccccc1)c1cnc(Cl)c(Cl)c1. The van der Waals surface area contributed by atoms with Gasteiger partial charge in [-0.3, -0.25) is 15.6 Å². The molecule has 0 saturated heterocycles. The topological polar surface area (TPSA) is 54.0 Å². The maximum Gasteiger partial charge on any atom is 0.271 e. The van der Waals surface area contributed by atoms with Crippen LogP contribution in [0.1, 0.15) is 10.4 Å². The van der Waals surface area contributed by atoms with Gasteiger partial charge in [-0.25, -0.2) is 4.98 Å². The Morgan fingerprint density at radius 1 is 1.17 bits per heavy atom. The average molecular weight is 282 g/mol. The summed E-state index contributed by atoms with van der Waals surface area (Å²) in [6.45, 7) is 0. The molecule has 2 rings (SSSR count). The van der Waals surface area contributed by atoms with Crippen LogP contribution in [-0.4, -0.2) is 10.9 Å². The third kappa shape index (κ3) is 3.12. The van der Waals surface area contributed by atoms with E-state index in [2.05, 4.69) is 15.8 Å². The molecule has 0 aliphatic rings. The van der Waals surface area contributed by atoms with E-state index >= 15 is 0 Å². The Labute approximate surface area is 114 Å². The van der Waals surface area contributed by atoms with Crippen molar-refractivity contribution in [3.8, 4) is 0 Å². The largest absolute Gasteiger partial charge is 0.298 e. The van der Waals surface area contributed by atoms with E-state index in [0.29, 0.717) is 5.56 Å². The number of para-hydroxylation sites is 1. The van der Waals surface area contributed by atoms with Crippen LogP contribution in [0.5, 0.6) is 0 Å². The Morgan fingerprint density at radius 3 is 2.56 bits per heavy atom. The first kappa shape index (κ1) is 12.7. The molecule has 1 heterocycles. The first-order valence-electron chi connectivity index (χ1n) is 5.09. The zero-order chi connectivity index (χ0) is 13.0. The second-order valence-electron chi connectivity index (χ2n) is 3.44. The van der Waals surface area contributed by atoms with Crippen LogP contribution in [0.2, 0.25) is 10.2 Å². The molecule has 92 valence electrons. The summed E-state index contributed by atoms with van der Waals surface area (Å²) in [7, 11) is 0. The number of anilines is 1. The van der Waals surface area contributed by atoms with Gasteiger partial charge in [-0.1, -0.05) is 41.4 Å². The molecule has 0 aliphatic heterocycles. The molecule has 0 unspecified atom stereocenters. The average Bonchev–Trinajstić information content (AvgIpc) is 2.40. The molecule has 2 aromatic rings. The van der Waals surface area contributed by atoms with Crippen LogP contribution < -0.4 is 10.9 Å². The van der Waals surface area contributed by atoms with E-state index in [1.807, 2.05) is 30.3 Å². The molecule has 1 amide bonds. The lowest BCUT2D eigenvalue weighted by molar-refractivity contribution is 0.0962. The maximum atomic E-state index is 11.8. The number of carbonyl (C=O) groups excluding carboxylic acids is 1. The minimum Gasteiger partial charge on any atom is -0.298 e. The fourth-order valence-corrected chi connectivity index (χ4v) is 1.54. The number of aromatic nitrogens is 1. The van der Waals surface area contributed by atoms with E-state index < -0.39 is 0 Å². The summed E-state index contributed by atoms with van der Waals surface area (Å²) in [4.78, 5) is 15.6. The minimum absolute atomic E-state index is 0.171. The highest BCUT2D eigenvalue weighted by atomic mass is 35.5. The standard InChI is InChI=1S/C12H9Cl2N3O/c13-10-6-8(7-15-11(10)14)12(18)17-16-9-4-2-1-3-5-9/h1-7,16H,(H,17,18). The summed E-state index contributed by atoms with van der Waals surface area (Å²) in [5, 5.41) is 0.410. The van der Waals surface area contributed by atoms with Crippen molar-refractivity contribution in [2.45, 2.75) is 0 Å². The molecule has 0 bridgehead atoms. The first-order valence-corrected chi connectivity index (χ1v) is 5.85. The Balaban J connectivity index is 2.02. The Kier molecular flexibility index (Phi) is 4.02. The summed E-state index contributed by atoms with van der Waals surface area (Å²) in [5.74, 6) is -0.343. The second kappa shape index (κ2) is 5.71. The number of benzene rings is 1. The van der Waals surface area contributed by atoms with Crippen molar-refractivity contribution in [1.29, 1.82) is 0 Å². The Bertz CT molecular complexity index is 561. The van der Waals surface area contributed by atoms with Crippen molar-refractivity contribution in [2.75, 3.05) is 5.43 Å². The van der Waals surface area contributed by atoms with Gasteiger partial charge in [0.15, 0.2) is 0 Å². The van der Waals surface area contributed by atoms with Gasteiger partial charge in [0.05, 0.1) is 16.3 Å². The molecular formula is C12H9Cl2N3O. The number of carbonyl (C=O) groups is 1. The summed E-state index contributed by atoms with van der Waals surface area (Å²) in [6, 6.07) is 10.7. The lowest BCUT2D eigenvalue weighted by Gasteiger charge is -2.08. The molecular weight excluding hydrogens is 273 g/mol. The summed E-state index contributed by atoms with van der Waals surface area (Å²) in [6.07, 6.45) is 1.36. The van der Waals surface area contributed by atoms with Gasteiger partial charge in [-0.15, -0.1) is 0 Å². The number of nitrogens with one attached hydrogen (secondary N) is 2. The van der Waals surface area contributed by atoms with Gasteiger partial charge >= 0.3 is 0 Å². The van der Waals surface area contributed by atoms with E-state index in [0.717, 1.165) is 5.69 Å². The number of hydrogen-bond donors (Lipinski definition) is 2. The number of hydrogen-bond acceptors (Lipinski definition) is 3. The predicted octanol–water partition coefficient (Wildman–Crippen LogP) is 3.15. The molecule has 6 heteroatoms. The van der Waals surface area contributed by atoms with E-state index in [-0.39, 0.29) is 16.1 Å². The molecule has 0 atom stereocenters. The van der Waals surface area contributed by atoms with E-state index in [1.54, 1.807) is 0 Å². The van der Waals surface area contributed by atoms with Gasteiger partial charge in [-0.05, 0) is 18.2 Å². The van der Waals surface area contributed by atoms with E-state index in [9.17, 15) is 4.79 Å². The normalized spacial score (nSPS) is 9.89. The zero-order valence-electron chi connectivity index (χ0n) is 9.15. The monoisotopic (exact) mass is 281 g/mol. The zero-order valence-corrected chi connectivity index (χ0v) is 10.7. The summed E-state index contributed by atoms with van der Waals surface area (Å²) < 4.78 is 0. The highest BCUT2D eigenvalue weighted by molar-refractivity contribution is 6.41. The van der Waals surface area contributed by atoms with Gasteiger partial charge in [0.1, 0.15) is 5.15 Å². The van der Waals surface area contributed by atoms with E-state index in [1.165, 1.54) is 12.3 Å². The molecule has 0 saturated carbocycles. The highest BCUT2D eigenvalue weighted by Gasteiger charge is 2.08. The number of pyridine rings is 1. The van der Waals surface area contributed by atoms with Crippen molar-refractivity contribution < 1.29 is 4.79 Å². The van der Waals surface area contributed by atoms with Crippen LogP contribution in [0.3, 0.4) is 0 Å². The smallest absolute Gasteiger partial charge is 0.271 e. The van der Waals surface area contributed by atoms with Gasteiger partial charge in [0, 0.05) is 6.20 Å². The molecule has 4 nitrogen and oxygen atoms in total. The van der Waals surface area contributed by atoms with Crippen LogP contribution in [0.4, 0.5) is 5.69 Å². The third-order valence-corrected chi connectivity index (χ3v) is 2.84. The van der Waals surface area contributed by atoms with Crippen molar-refractivity contribution in [3.05, 3.63) is 58.3 Å². The molecule has 2 N–H and O–H groups in total. The molecule has 1 aromatic heterocycles. The predicted molar refractivity (Wildman–Crippen MR) is 71.8 cm³/mol. The van der Waals surface area contributed by atoms with Crippen LogP contribution >= 0.6 is 23.2 Å². The van der Waals surface area contributed by atoms with Crippen molar-refractivity contribution in [2.24, 2.45) is 0 Å². The molecule has 0 spiro atoms. The van der Waals surface area contributed by atoms with E-state index in [4.69, 9.17) is 23.2 Å². The van der Waals surface area contributed by atoms with Gasteiger partial charge in [0.2, 0.25) is 0 Å². The van der Waals surface area contributed by atoms with Crippen LogP contribution in [0.15, 0.2) is 42.6 Å². The fourth-order valence-electron chi connectivity index (χ4n) is 1.27. The molecule has 18 heavy (non-hydrogen) atoms. The van der Waals surface area contributed by atoms with Gasteiger partial charge in [0.25, 0.3) is 5.91 Å². The number of amides is 1. The third-order valence-electron chi connectivity index (χ3n) is 2.15. The Morgan fingerprint density at radius 2 is 1.89 bits per heavy atom. The van der Waals surface area contributed by atoms with Gasteiger partial charge < -0.3 is 0 Å². The maximum absolute atomic E-state index is 11.8. The molecule has 0 fully saturated rings. The number of nitrogens with zero attached hydrogens (tertiary/aromatic N) is 1. The summed E-state index contributed by atoms with van der Waals surface area (Å²) >= 11 is 11.4. The van der Waals surface area contributed by atoms with Crippen LogP contribution in [0.25, 0.3) is 0 Å². The van der Waals surface area contributed by atoms with Crippen molar-refractivity contribution in [3.63, 3.8) is 0 Å². The molecule has 0 aliphatic carbocycles. The Hall–Kier alpha value is -1.78. The van der Waals surface area contributed by atoms with Gasteiger partial charge in [-0.2, -0.15) is 0 Å². The quantitative estimate of drug-likeness (QED) is 0.671. The number of halogens is 2. The summed E-state index contributed by atoms with van der Waals surface area (Å²) in [5.41, 5.74) is 6.41. The highest BCUT2D eigenvalue weighted by Crippen LogP contribution is 2.19. The molecule has 0 radical (unpaired) electrons. The fraction of sp³-hybridized carbons (Fsp3) is 0.